The number of carbonyl (C=O) groups excluding carboxylic acids is 1. The fourth-order valence-corrected chi connectivity index (χ4v) is 4.76. The number of ether oxygens (including phenoxy) is 1. The minimum absolute atomic E-state index is 0.126. The van der Waals surface area contributed by atoms with Gasteiger partial charge in [-0.3, -0.25) is 4.79 Å². The fourth-order valence-electron chi connectivity index (χ4n) is 2.77. The van der Waals surface area contributed by atoms with E-state index in [-0.39, 0.29) is 23.1 Å². The summed E-state index contributed by atoms with van der Waals surface area (Å²) < 4.78 is 28.3. The van der Waals surface area contributed by atoms with Gasteiger partial charge in [-0.25, -0.2) is 8.42 Å². The SMILES string of the molecule is CS(=O)(=O)CC(=O)C1CCOC2(CCSCC2)C1. The summed E-state index contributed by atoms with van der Waals surface area (Å²) in [7, 11) is -3.21. The van der Waals surface area contributed by atoms with Crippen molar-refractivity contribution in [1.82, 2.24) is 0 Å². The number of hydrogen-bond donors (Lipinski definition) is 0. The van der Waals surface area contributed by atoms with Crippen LogP contribution in [0.3, 0.4) is 0 Å². The third kappa shape index (κ3) is 3.71. The zero-order valence-corrected chi connectivity index (χ0v) is 12.3. The molecule has 2 aliphatic heterocycles. The minimum atomic E-state index is -3.21. The third-order valence-corrected chi connectivity index (χ3v) is 5.55. The van der Waals surface area contributed by atoms with Crippen molar-refractivity contribution in [3.05, 3.63) is 0 Å². The van der Waals surface area contributed by atoms with E-state index in [2.05, 4.69) is 0 Å². The van der Waals surface area contributed by atoms with Gasteiger partial charge in [-0.1, -0.05) is 0 Å². The Hall–Kier alpha value is -0.0700. The average molecular weight is 292 g/mol. The molecule has 4 nitrogen and oxygen atoms in total. The van der Waals surface area contributed by atoms with Crippen molar-refractivity contribution in [3.63, 3.8) is 0 Å². The summed E-state index contributed by atoms with van der Waals surface area (Å²) in [5, 5.41) is 0. The van der Waals surface area contributed by atoms with Crippen LogP contribution in [0.1, 0.15) is 25.7 Å². The second-order valence-corrected chi connectivity index (χ2v) is 8.73. The molecule has 6 heteroatoms. The molecule has 0 aromatic heterocycles. The van der Waals surface area contributed by atoms with Gasteiger partial charge in [0.2, 0.25) is 0 Å². The molecule has 1 unspecified atom stereocenters. The van der Waals surface area contributed by atoms with Gasteiger partial charge in [0, 0.05) is 18.8 Å². The van der Waals surface area contributed by atoms with E-state index in [1.54, 1.807) is 0 Å². The Bertz CT molecular complexity index is 404. The average Bonchev–Trinajstić information content (AvgIpc) is 2.28. The summed E-state index contributed by atoms with van der Waals surface area (Å²) in [5.74, 6) is 1.58. The molecular formula is C12H20O4S2. The van der Waals surface area contributed by atoms with Gasteiger partial charge in [-0.2, -0.15) is 11.8 Å². The molecule has 18 heavy (non-hydrogen) atoms. The number of carbonyl (C=O) groups is 1. The Labute approximate surface area is 113 Å². The first-order chi connectivity index (χ1) is 8.40. The normalized spacial score (nSPS) is 28.2. The maximum atomic E-state index is 12.0. The zero-order chi connectivity index (χ0) is 13.2. The highest BCUT2D eigenvalue weighted by Gasteiger charge is 2.41. The molecule has 0 aromatic rings. The van der Waals surface area contributed by atoms with Crippen LogP contribution in [0, 0.1) is 5.92 Å². The zero-order valence-electron chi connectivity index (χ0n) is 10.7. The molecule has 1 spiro atoms. The predicted octanol–water partition coefficient (Wildman–Crippen LogP) is 1.29. The number of hydrogen-bond acceptors (Lipinski definition) is 5. The van der Waals surface area contributed by atoms with E-state index in [4.69, 9.17) is 4.74 Å². The molecule has 0 radical (unpaired) electrons. The first-order valence-corrected chi connectivity index (χ1v) is 9.54. The molecule has 104 valence electrons. The van der Waals surface area contributed by atoms with E-state index >= 15 is 0 Å². The van der Waals surface area contributed by atoms with Crippen molar-refractivity contribution < 1.29 is 17.9 Å². The third-order valence-electron chi connectivity index (χ3n) is 3.76. The van der Waals surface area contributed by atoms with Crippen LogP contribution in [0.5, 0.6) is 0 Å². The van der Waals surface area contributed by atoms with Gasteiger partial charge >= 0.3 is 0 Å². The van der Waals surface area contributed by atoms with Crippen LogP contribution in [0.25, 0.3) is 0 Å². The van der Waals surface area contributed by atoms with E-state index in [9.17, 15) is 13.2 Å². The quantitative estimate of drug-likeness (QED) is 0.784. The first kappa shape index (κ1) is 14.3. The molecule has 2 aliphatic rings. The smallest absolute Gasteiger partial charge is 0.154 e. The van der Waals surface area contributed by atoms with Gasteiger partial charge in [-0.05, 0) is 37.2 Å². The largest absolute Gasteiger partial charge is 0.375 e. The minimum Gasteiger partial charge on any atom is -0.375 e. The highest BCUT2D eigenvalue weighted by molar-refractivity contribution is 7.99. The van der Waals surface area contributed by atoms with Gasteiger partial charge < -0.3 is 4.74 Å². The van der Waals surface area contributed by atoms with Crippen LogP contribution >= 0.6 is 11.8 Å². The maximum absolute atomic E-state index is 12.0. The highest BCUT2D eigenvalue weighted by atomic mass is 32.2. The molecule has 2 fully saturated rings. The lowest BCUT2D eigenvalue weighted by Gasteiger charge is -2.42. The van der Waals surface area contributed by atoms with Crippen molar-refractivity contribution in [2.24, 2.45) is 5.92 Å². The lowest BCUT2D eigenvalue weighted by Crippen LogP contribution is -2.45. The lowest BCUT2D eigenvalue weighted by atomic mass is 9.80. The van der Waals surface area contributed by atoms with Gasteiger partial charge in [0.15, 0.2) is 15.6 Å². The van der Waals surface area contributed by atoms with Crippen molar-refractivity contribution in [2.75, 3.05) is 30.1 Å². The summed E-state index contributed by atoms with van der Waals surface area (Å²) in [4.78, 5) is 12.0. The van der Waals surface area contributed by atoms with Gasteiger partial charge in [0.25, 0.3) is 0 Å². The van der Waals surface area contributed by atoms with Crippen LogP contribution in [0.4, 0.5) is 0 Å². The van der Waals surface area contributed by atoms with Gasteiger partial charge in [0.1, 0.15) is 5.75 Å². The number of thioether (sulfide) groups is 1. The molecule has 0 bridgehead atoms. The lowest BCUT2D eigenvalue weighted by molar-refractivity contribution is -0.136. The number of Topliss-reactive ketones (excluding diaryl/α,β-unsaturated/α-hetero) is 1. The Morgan fingerprint density at radius 1 is 1.39 bits per heavy atom. The van der Waals surface area contributed by atoms with Crippen LogP contribution in [0.2, 0.25) is 0 Å². The number of sulfone groups is 1. The van der Waals surface area contributed by atoms with E-state index in [1.165, 1.54) is 0 Å². The van der Waals surface area contributed by atoms with Crippen LogP contribution in [-0.4, -0.2) is 49.9 Å². The summed E-state index contributed by atoms with van der Waals surface area (Å²) in [5.41, 5.74) is -0.151. The van der Waals surface area contributed by atoms with Crippen LogP contribution < -0.4 is 0 Å². The molecule has 2 heterocycles. The predicted molar refractivity (Wildman–Crippen MR) is 72.7 cm³/mol. The Balaban J connectivity index is 2.00. The molecule has 0 N–H and O–H groups in total. The fraction of sp³-hybridized carbons (Fsp3) is 0.917. The summed E-state index contributed by atoms with van der Waals surface area (Å²) in [6.07, 6.45) is 4.48. The number of rotatable bonds is 3. The van der Waals surface area contributed by atoms with E-state index in [1.807, 2.05) is 11.8 Å². The molecule has 1 atom stereocenters. The van der Waals surface area contributed by atoms with Gasteiger partial charge in [-0.15, -0.1) is 0 Å². The second kappa shape index (κ2) is 5.51. The number of ketones is 1. The molecule has 0 aromatic carbocycles. The van der Waals surface area contributed by atoms with E-state index < -0.39 is 9.84 Å². The maximum Gasteiger partial charge on any atom is 0.154 e. The summed E-state index contributed by atoms with van der Waals surface area (Å²) >= 11 is 1.92. The summed E-state index contributed by atoms with van der Waals surface area (Å²) in [6, 6.07) is 0. The Kier molecular flexibility index (Phi) is 4.39. The van der Waals surface area contributed by atoms with E-state index in [0.29, 0.717) is 19.4 Å². The highest BCUT2D eigenvalue weighted by Crippen LogP contribution is 2.39. The van der Waals surface area contributed by atoms with Crippen molar-refractivity contribution in [2.45, 2.75) is 31.3 Å². The van der Waals surface area contributed by atoms with Crippen LogP contribution in [0.15, 0.2) is 0 Å². The topological polar surface area (TPSA) is 60.4 Å². The molecule has 2 saturated heterocycles. The van der Waals surface area contributed by atoms with Gasteiger partial charge in [0.05, 0.1) is 5.60 Å². The van der Waals surface area contributed by atoms with Crippen LogP contribution in [-0.2, 0) is 19.4 Å². The van der Waals surface area contributed by atoms with E-state index in [0.717, 1.165) is 30.6 Å². The first-order valence-electron chi connectivity index (χ1n) is 6.32. The molecule has 0 amide bonds. The summed E-state index contributed by atoms with van der Waals surface area (Å²) in [6.45, 7) is 0.588. The Morgan fingerprint density at radius 3 is 2.67 bits per heavy atom. The van der Waals surface area contributed by atoms with Crippen molar-refractivity contribution >= 4 is 27.4 Å². The molecule has 2 rings (SSSR count). The second-order valence-electron chi connectivity index (χ2n) is 5.37. The van der Waals surface area contributed by atoms with Crippen molar-refractivity contribution in [1.29, 1.82) is 0 Å². The monoisotopic (exact) mass is 292 g/mol. The molecule has 0 saturated carbocycles. The Morgan fingerprint density at radius 2 is 2.06 bits per heavy atom. The molecule has 0 aliphatic carbocycles. The standard InChI is InChI=1S/C12H20O4S2/c1-18(14,15)9-11(13)10-2-5-16-12(8-10)3-6-17-7-4-12/h10H,2-9H2,1H3. The van der Waals surface area contributed by atoms with Crippen molar-refractivity contribution in [3.8, 4) is 0 Å². The molecular weight excluding hydrogens is 272 g/mol.